The first-order valence-corrected chi connectivity index (χ1v) is 15.4. The summed E-state index contributed by atoms with van der Waals surface area (Å²) in [5.74, 6) is 1.63. The van der Waals surface area contributed by atoms with Gasteiger partial charge in [-0.25, -0.2) is 14.8 Å². The molecule has 5 heterocycles. The Morgan fingerprint density at radius 2 is 1.64 bits per heavy atom. The van der Waals surface area contributed by atoms with Crippen LogP contribution in [0, 0.1) is 0 Å². The number of hydrogen-bond donors (Lipinski definition) is 3. The zero-order valence-corrected chi connectivity index (χ0v) is 24.6. The van der Waals surface area contributed by atoms with Crippen molar-refractivity contribution in [2.24, 2.45) is 0 Å². The lowest BCUT2D eigenvalue weighted by Crippen LogP contribution is -2.31. The molecule has 2 aliphatic heterocycles. The number of aromatic amines is 2. The molecule has 2 saturated heterocycles. The first-order chi connectivity index (χ1) is 22.1. The highest BCUT2D eigenvalue weighted by molar-refractivity contribution is 5.93. The fourth-order valence-corrected chi connectivity index (χ4v) is 6.49. The lowest BCUT2D eigenvalue weighted by molar-refractivity contribution is 0.0910. The molecule has 2 fully saturated rings. The van der Waals surface area contributed by atoms with Crippen LogP contribution in [-0.4, -0.2) is 44.0 Å². The molecule has 3 aromatic heterocycles. The van der Waals surface area contributed by atoms with E-state index in [1.54, 1.807) is 11.1 Å². The number of likely N-dealkylation sites (tertiary alicyclic amines) is 1. The summed E-state index contributed by atoms with van der Waals surface area (Å²) in [7, 11) is 0. The molecule has 6 aromatic rings. The predicted molar refractivity (Wildman–Crippen MR) is 170 cm³/mol. The number of nitrogens with one attached hydrogen (secondary N) is 3. The maximum atomic E-state index is 13.6. The van der Waals surface area contributed by atoms with Crippen LogP contribution in [0.25, 0.3) is 44.5 Å². The van der Waals surface area contributed by atoms with E-state index in [0.717, 1.165) is 66.1 Å². The number of fused-ring (bicyclic) bond motifs is 2. The summed E-state index contributed by atoms with van der Waals surface area (Å²) in [5.41, 5.74) is 5.26. The molecule has 0 saturated carbocycles. The summed E-state index contributed by atoms with van der Waals surface area (Å²) in [6, 6.07) is 20.9. The maximum absolute atomic E-state index is 13.6. The summed E-state index contributed by atoms with van der Waals surface area (Å²) in [4.78, 5) is 44.3. The molecule has 45 heavy (non-hydrogen) atoms. The second-order valence-electron chi connectivity index (χ2n) is 11.8. The Balaban J connectivity index is 1.03. The van der Waals surface area contributed by atoms with Crippen molar-refractivity contribution in [3.63, 3.8) is 0 Å². The number of hydrogen-bond acceptors (Lipinski definition) is 7. The minimum Gasteiger partial charge on any atom is -0.456 e. The third-order valence-electron chi connectivity index (χ3n) is 8.88. The Hall–Kier alpha value is -5.22. The van der Waals surface area contributed by atoms with Crippen LogP contribution >= 0.6 is 0 Å². The maximum Gasteiger partial charge on any atom is 0.410 e. The van der Waals surface area contributed by atoms with E-state index in [1.807, 2.05) is 72.9 Å². The number of benzene rings is 3. The van der Waals surface area contributed by atoms with Gasteiger partial charge in [0, 0.05) is 17.7 Å². The van der Waals surface area contributed by atoms with Gasteiger partial charge >= 0.3 is 6.09 Å². The number of rotatable bonds is 6. The lowest BCUT2D eigenvalue weighted by Gasteiger charge is -2.22. The van der Waals surface area contributed by atoms with Gasteiger partial charge in [0.2, 0.25) is 5.43 Å². The van der Waals surface area contributed by atoms with E-state index in [1.165, 1.54) is 0 Å². The third-order valence-corrected chi connectivity index (χ3v) is 8.88. The average molecular weight is 601 g/mol. The molecule has 2 aliphatic rings. The van der Waals surface area contributed by atoms with Crippen molar-refractivity contribution in [2.75, 3.05) is 13.1 Å². The van der Waals surface area contributed by atoms with Gasteiger partial charge in [-0.2, -0.15) is 0 Å². The Bertz CT molecular complexity index is 2070. The zero-order valence-electron chi connectivity index (χ0n) is 24.6. The van der Waals surface area contributed by atoms with Crippen molar-refractivity contribution in [1.29, 1.82) is 0 Å². The largest absolute Gasteiger partial charge is 0.456 e. The number of H-pyrrole nitrogens is 2. The Morgan fingerprint density at radius 3 is 2.47 bits per heavy atom. The molecule has 0 bridgehead atoms. The van der Waals surface area contributed by atoms with Crippen LogP contribution in [-0.2, 0) is 11.3 Å². The molecule has 3 N–H and O–H groups in total. The third kappa shape index (κ3) is 5.17. The Kier molecular flexibility index (Phi) is 6.91. The van der Waals surface area contributed by atoms with E-state index in [2.05, 4.69) is 25.3 Å². The van der Waals surface area contributed by atoms with Gasteiger partial charge in [-0.3, -0.25) is 9.69 Å². The highest BCUT2D eigenvalue weighted by Crippen LogP contribution is 2.33. The number of carbonyl (C=O) groups excluding carboxylic acids is 1. The van der Waals surface area contributed by atoms with Crippen molar-refractivity contribution >= 4 is 28.0 Å². The summed E-state index contributed by atoms with van der Waals surface area (Å²) in [6.07, 6.45) is 7.10. The average Bonchev–Trinajstić information content (AvgIpc) is 3.91. The quantitative estimate of drug-likeness (QED) is 0.183. The first-order valence-electron chi connectivity index (χ1n) is 15.4. The van der Waals surface area contributed by atoms with E-state index in [0.29, 0.717) is 34.3 Å². The van der Waals surface area contributed by atoms with Crippen LogP contribution in [0.4, 0.5) is 4.79 Å². The van der Waals surface area contributed by atoms with Crippen LogP contribution in [0.2, 0.25) is 0 Å². The highest BCUT2D eigenvalue weighted by Gasteiger charge is 2.33. The molecule has 1 amide bonds. The molecule has 0 aliphatic carbocycles. The molecule has 10 nitrogen and oxygen atoms in total. The fourth-order valence-electron chi connectivity index (χ4n) is 6.49. The second-order valence-corrected chi connectivity index (χ2v) is 11.8. The van der Waals surface area contributed by atoms with E-state index < -0.39 is 0 Å². The summed E-state index contributed by atoms with van der Waals surface area (Å²) >= 11 is 0. The van der Waals surface area contributed by atoms with Crippen molar-refractivity contribution in [3.05, 3.63) is 107 Å². The van der Waals surface area contributed by atoms with Crippen LogP contribution in [0.15, 0.2) is 88.3 Å². The van der Waals surface area contributed by atoms with Crippen LogP contribution in [0.5, 0.6) is 0 Å². The van der Waals surface area contributed by atoms with Gasteiger partial charge in [0.05, 0.1) is 46.6 Å². The van der Waals surface area contributed by atoms with Crippen LogP contribution < -0.4 is 10.7 Å². The lowest BCUT2D eigenvalue weighted by atomic mass is 10.1. The van der Waals surface area contributed by atoms with E-state index in [-0.39, 0.29) is 30.2 Å². The molecule has 0 spiro atoms. The fraction of sp³-hybridized carbons (Fsp3) is 0.257. The first kappa shape index (κ1) is 27.3. The number of amides is 1. The molecule has 0 unspecified atom stereocenters. The molecule has 10 heteroatoms. The monoisotopic (exact) mass is 600 g/mol. The summed E-state index contributed by atoms with van der Waals surface area (Å²) in [5, 5.41) is 4.47. The summed E-state index contributed by atoms with van der Waals surface area (Å²) in [6.45, 7) is 1.84. The molecule has 3 aromatic carbocycles. The zero-order chi connectivity index (χ0) is 30.3. The topological polar surface area (TPSA) is 129 Å². The molecular weight excluding hydrogens is 568 g/mol. The van der Waals surface area contributed by atoms with E-state index >= 15 is 0 Å². The summed E-state index contributed by atoms with van der Waals surface area (Å²) < 4.78 is 11.8. The van der Waals surface area contributed by atoms with Crippen molar-refractivity contribution in [2.45, 2.75) is 44.4 Å². The van der Waals surface area contributed by atoms with Gasteiger partial charge < -0.3 is 24.4 Å². The highest BCUT2D eigenvalue weighted by atomic mass is 16.6. The Labute approximate surface area is 258 Å². The van der Waals surface area contributed by atoms with Gasteiger partial charge in [0.1, 0.15) is 29.4 Å². The molecule has 8 rings (SSSR count). The van der Waals surface area contributed by atoms with Crippen LogP contribution in [0.3, 0.4) is 0 Å². The minimum absolute atomic E-state index is 0.0945. The number of nitrogens with zero attached hydrogens (tertiary/aromatic N) is 3. The normalized spacial score (nSPS) is 18.3. The number of carbonyl (C=O) groups is 1. The number of imidazole rings is 2. The van der Waals surface area contributed by atoms with Crippen molar-refractivity contribution < 1.29 is 13.9 Å². The van der Waals surface area contributed by atoms with Gasteiger partial charge in [0.15, 0.2) is 0 Å². The number of aromatic nitrogens is 4. The Morgan fingerprint density at radius 1 is 0.867 bits per heavy atom. The molecule has 226 valence electrons. The van der Waals surface area contributed by atoms with Crippen LogP contribution in [0.1, 0.15) is 55.0 Å². The van der Waals surface area contributed by atoms with Crippen molar-refractivity contribution in [3.8, 4) is 22.5 Å². The standard InChI is InChI=1S/C35H32N6O4/c42-32-24-12-10-23(28-18-37-33(39-28)26-8-4-14-36-26)17-31(24)45-30-13-11-22(16-25(30)32)27-19-38-34(40-27)29-9-5-15-41(29)35(43)44-20-21-6-2-1-3-7-21/h1-3,6-7,10-13,16-19,26,29,36H,4-5,8-9,14-15,20H2,(H,37,39)(H,38,40)/t26-,29-/m0/s1. The minimum atomic E-state index is -0.351. The van der Waals surface area contributed by atoms with Gasteiger partial charge in [0.25, 0.3) is 0 Å². The van der Waals surface area contributed by atoms with Gasteiger partial charge in [-0.15, -0.1) is 0 Å². The predicted octanol–water partition coefficient (Wildman–Crippen LogP) is 6.62. The van der Waals surface area contributed by atoms with Crippen molar-refractivity contribution in [1.82, 2.24) is 30.2 Å². The second kappa shape index (κ2) is 11.4. The van der Waals surface area contributed by atoms with E-state index in [9.17, 15) is 9.59 Å². The molecule has 0 radical (unpaired) electrons. The SMILES string of the molecule is O=C(OCc1ccccc1)N1CCC[C@H]1c1ncc(-c2ccc3oc4cc(-c5cnc([C@@H]6CCCN6)[nH]5)ccc4c(=O)c3c2)[nH]1. The molecular formula is C35H32N6O4. The smallest absolute Gasteiger partial charge is 0.410 e. The van der Waals surface area contributed by atoms with Gasteiger partial charge in [-0.1, -0.05) is 36.4 Å². The van der Waals surface area contributed by atoms with E-state index in [4.69, 9.17) is 9.15 Å². The van der Waals surface area contributed by atoms with Gasteiger partial charge in [-0.05, 0) is 68.1 Å². The number of ether oxygens (including phenoxy) is 1. The molecule has 2 atom stereocenters.